The number of nitrogens with two attached hydrogens (primary N) is 1. The molecule has 0 aliphatic rings. The van der Waals surface area contributed by atoms with Crippen LogP contribution < -0.4 is 10.5 Å². The van der Waals surface area contributed by atoms with Gasteiger partial charge in [-0.05, 0) is 31.2 Å². The summed E-state index contributed by atoms with van der Waals surface area (Å²) in [6.07, 6.45) is 0.582. The van der Waals surface area contributed by atoms with Crippen molar-refractivity contribution in [3.05, 3.63) is 40.3 Å². The van der Waals surface area contributed by atoms with Gasteiger partial charge in [0, 0.05) is 24.0 Å². The fourth-order valence-electron chi connectivity index (χ4n) is 1.57. The van der Waals surface area contributed by atoms with Crippen LogP contribution in [0, 0.1) is 6.92 Å². The van der Waals surface area contributed by atoms with Crippen molar-refractivity contribution < 1.29 is 8.42 Å². The van der Waals surface area contributed by atoms with E-state index in [1.807, 2.05) is 12.3 Å². The van der Waals surface area contributed by atoms with Crippen LogP contribution in [0.15, 0.2) is 34.5 Å². The van der Waals surface area contributed by atoms with Crippen LogP contribution >= 0.6 is 11.3 Å². The first-order valence-electron chi connectivity index (χ1n) is 5.73. The SMILES string of the molecule is Cc1nc(CCNS(=O)(=O)c2ccc(N)cc2)cs1. The van der Waals surface area contributed by atoms with Gasteiger partial charge in [-0.3, -0.25) is 0 Å². The van der Waals surface area contributed by atoms with E-state index in [0.717, 1.165) is 10.7 Å². The van der Waals surface area contributed by atoms with Gasteiger partial charge in [0.25, 0.3) is 0 Å². The second kappa shape index (κ2) is 5.68. The molecule has 7 heteroatoms. The molecular weight excluding hydrogens is 282 g/mol. The Hall–Kier alpha value is -1.44. The van der Waals surface area contributed by atoms with E-state index >= 15 is 0 Å². The molecule has 5 nitrogen and oxygen atoms in total. The molecule has 0 aliphatic heterocycles. The molecule has 1 aromatic carbocycles. The number of hydrogen-bond donors (Lipinski definition) is 2. The number of thiazole rings is 1. The Kier molecular flexibility index (Phi) is 4.18. The van der Waals surface area contributed by atoms with Crippen molar-refractivity contribution in [2.24, 2.45) is 0 Å². The topological polar surface area (TPSA) is 85.1 Å². The summed E-state index contributed by atoms with van der Waals surface area (Å²) in [4.78, 5) is 4.50. The van der Waals surface area contributed by atoms with Crippen LogP contribution in [0.2, 0.25) is 0 Å². The highest BCUT2D eigenvalue weighted by Crippen LogP contribution is 2.12. The van der Waals surface area contributed by atoms with Crippen molar-refractivity contribution in [2.45, 2.75) is 18.2 Å². The molecule has 0 unspecified atom stereocenters. The van der Waals surface area contributed by atoms with Gasteiger partial charge in [0.05, 0.1) is 15.6 Å². The molecule has 0 amide bonds. The Balaban J connectivity index is 1.96. The molecule has 0 saturated carbocycles. The van der Waals surface area contributed by atoms with Crippen LogP contribution in [0.4, 0.5) is 5.69 Å². The highest BCUT2D eigenvalue weighted by molar-refractivity contribution is 7.89. The number of benzene rings is 1. The van der Waals surface area contributed by atoms with Gasteiger partial charge in [0.1, 0.15) is 0 Å². The van der Waals surface area contributed by atoms with Gasteiger partial charge in [-0.15, -0.1) is 11.3 Å². The first-order chi connectivity index (χ1) is 8.97. The summed E-state index contributed by atoms with van der Waals surface area (Å²) in [7, 11) is -3.47. The molecule has 102 valence electrons. The summed E-state index contributed by atoms with van der Waals surface area (Å²) in [6.45, 7) is 2.25. The molecule has 2 rings (SSSR count). The van der Waals surface area contributed by atoms with Crippen LogP contribution in [0.25, 0.3) is 0 Å². The number of anilines is 1. The molecule has 0 fully saturated rings. The molecule has 0 saturated heterocycles. The summed E-state index contributed by atoms with van der Waals surface area (Å²) in [5, 5.41) is 2.92. The average Bonchev–Trinajstić information content (AvgIpc) is 2.75. The fourth-order valence-corrected chi connectivity index (χ4v) is 3.25. The number of nitrogens with zero attached hydrogens (tertiary/aromatic N) is 1. The second-order valence-electron chi connectivity index (χ2n) is 4.07. The van der Waals surface area contributed by atoms with E-state index < -0.39 is 10.0 Å². The zero-order chi connectivity index (χ0) is 13.9. The van der Waals surface area contributed by atoms with E-state index in [4.69, 9.17) is 5.73 Å². The number of rotatable bonds is 5. The molecule has 0 atom stereocenters. The van der Waals surface area contributed by atoms with E-state index in [0.29, 0.717) is 18.7 Å². The van der Waals surface area contributed by atoms with Crippen LogP contribution in [0.3, 0.4) is 0 Å². The normalized spacial score (nSPS) is 11.6. The second-order valence-corrected chi connectivity index (χ2v) is 6.90. The lowest BCUT2D eigenvalue weighted by atomic mass is 10.3. The molecular formula is C12H15N3O2S2. The maximum atomic E-state index is 12.0. The minimum absolute atomic E-state index is 0.219. The van der Waals surface area contributed by atoms with Crippen molar-refractivity contribution in [1.82, 2.24) is 9.71 Å². The van der Waals surface area contributed by atoms with Crippen LogP contribution in [-0.2, 0) is 16.4 Å². The molecule has 0 spiro atoms. The zero-order valence-electron chi connectivity index (χ0n) is 10.5. The van der Waals surface area contributed by atoms with Crippen molar-refractivity contribution in [2.75, 3.05) is 12.3 Å². The quantitative estimate of drug-likeness (QED) is 0.820. The lowest BCUT2D eigenvalue weighted by Crippen LogP contribution is -2.26. The largest absolute Gasteiger partial charge is 0.399 e. The minimum atomic E-state index is -3.47. The third-order valence-electron chi connectivity index (χ3n) is 2.53. The first-order valence-corrected chi connectivity index (χ1v) is 8.10. The Labute approximate surface area is 116 Å². The van der Waals surface area contributed by atoms with E-state index in [2.05, 4.69) is 9.71 Å². The average molecular weight is 297 g/mol. The summed E-state index contributed by atoms with van der Waals surface area (Å²) in [5.41, 5.74) is 6.97. The molecule has 3 N–H and O–H groups in total. The van der Waals surface area contributed by atoms with Crippen LogP contribution in [-0.4, -0.2) is 19.9 Å². The maximum Gasteiger partial charge on any atom is 0.240 e. The van der Waals surface area contributed by atoms with E-state index in [1.165, 1.54) is 12.1 Å². The molecule has 0 aliphatic carbocycles. The van der Waals surface area contributed by atoms with Gasteiger partial charge in [0.15, 0.2) is 0 Å². The number of hydrogen-bond acceptors (Lipinski definition) is 5. The maximum absolute atomic E-state index is 12.0. The third kappa shape index (κ3) is 3.76. The smallest absolute Gasteiger partial charge is 0.240 e. The monoisotopic (exact) mass is 297 g/mol. The zero-order valence-corrected chi connectivity index (χ0v) is 12.1. The van der Waals surface area contributed by atoms with Crippen molar-refractivity contribution in [3.63, 3.8) is 0 Å². The molecule has 1 heterocycles. The van der Waals surface area contributed by atoms with Crippen molar-refractivity contribution >= 4 is 27.0 Å². The lowest BCUT2D eigenvalue weighted by Gasteiger charge is -2.06. The van der Waals surface area contributed by atoms with Crippen molar-refractivity contribution in [1.29, 1.82) is 0 Å². The molecule has 2 aromatic rings. The predicted molar refractivity (Wildman–Crippen MR) is 76.6 cm³/mol. The van der Waals surface area contributed by atoms with E-state index in [9.17, 15) is 8.42 Å². The Morgan fingerprint density at radius 2 is 2.00 bits per heavy atom. The van der Waals surface area contributed by atoms with Gasteiger partial charge in [0.2, 0.25) is 10.0 Å². The highest BCUT2D eigenvalue weighted by atomic mass is 32.2. The highest BCUT2D eigenvalue weighted by Gasteiger charge is 2.13. The number of aryl methyl sites for hydroxylation is 1. The summed E-state index contributed by atoms with van der Waals surface area (Å²) in [6, 6.07) is 6.12. The minimum Gasteiger partial charge on any atom is -0.399 e. The predicted octanol–water partition coefficient (Wildman–Crippen LogP) is 1.55. The van der Waals surface area contributed by atoms with E-state index in [-0.39, 0.29) is 4.90 Å². The number of nitrogens with one attached hydrogen (secondary N) is 1. The summed E-state index contributed by atoms with van der Waals surface area (Å²) < 4.78 is 26.5. The Morgan fingerprint density at radius 3 is 2.58 bits per heavy atom. The first kappa shape index (κ1) is 14.0. The number of nitrogen functional groups attached to an aromatic ring is 1. The van der Waals surface area contributed by atoms with Crippen molar-refractivity contribution in [3.8, 4) is 0 Å². The number of aromatic nitrogens is 1. The Morgan fingerprint density at radius 1 is 1.32 bits per heavy atom. The van der Waals surface area contributed by atoms with E-state index in [1.54, 1.807) is 23.5 Å². The van der Waals surface area contributed by atoms with Crippen LogP contribution in [0.1, 0.15) is 10.7 Å². The Bertz CT molecular complexity index is 648. The fraction of sp³-hybridized carbons (Fsp3) is 0.250. The van der Waals surface area contributed by atoms with Gasteiger partial charge in [-0.25, -0.2) is 18.1 Å². The summed E-state index contributed by atoms with van der Waals surface area (Å²) in [5.74, 6) is 0. The lowest BCUT2D eigenvalue weighted by molar-refractivity contribution is 0.581. The van der Waals surface area contributed by atoms with Crippen LogP contribution in [0.5, 0.6) is 0 Å². The molecule has 0 bridgehead atoms. The van der Waals surface area contributed by atoms with Gasteiger partial charge >= 0.3 is 0 Å². The molecule has 1 aromatic heterocycles. The van der Waals surface area contributed by atoms with Gasteiger partial charge in [-0.1, -0.05) is 0 Å². The number of sulfonamides is 1. The van der Waals surface area contributed by atoms with Gasteiger partial charge < -0.3 is 5.73 Å². The summed E-state index contributed by atoms with van der Waals surface area (Å²) >= 11 is 1.56. The van der Waals surface area contributed by atoms with Gasteiger partial charge in [-0.2, -0.15) is 0 Å². The standard InChI is InChI=1S/C12H15N3O2S2/c1-9-15-11(8-18-9)6-7-14-19(16,17)12-4-2-10(13)3-5-12/h2-5,8,14H,6-7,13H2,1H3. The third-order valence-corrected chi connectivity index (χ3v) is 4.83. The molecule has 0 radical (unpaired) electrons. The molecule has 19 heavy (non-hydrogen) atoms.